The number of ether oxygens (including phenoxy) is 3. The summed E-state index contributed by atoms with van der Waals surface area (Å²) in [6.45, 7) is 4.73. The fourth-order valence-electron chi connectivity index (χ4n) is 7.83. The van der Waals surface area contributed by atoms with E-state index in [1.54, 1.807) is 0 Å². The Kier molecular flexibility index (Phi) is 7.97. The second-order valence-corrected chi connectivity index (χ2v) is 12.3. The first-order valence-electron chi connectivity index (χ1n) is 15.6. The lowest BCUT2D eigenvalue weighted by Crippen LogP contribution is -2.45. The lowest BCUT2D eigenvalue weighted by Gasteiger charge is -2.40. The van der Waals surface area contributed by atoms with Crippen molar-refractivity contribution in [3.63, 3.8) is 0 Å². The van der Waals surface area contributed by atoms with Gasteiger partial charge in [0.1, 0.15) is 18.3 Å². The van der Waals surface area contributed by atoms with Gasteiger partial charge in [0.2, 0.25) is 0 Å². The zero-order valence-corrected chi connectivity index (χ0v) is 24.3. The Morgan fingerprint density at radius 2 is 1.71 bits per heavy atom. The summed E-state index contributed by atoms with van der Waals surface area (Å²) in [5.41, 5.74) is 2.08. The number of benzene rings is 2. The van der Waals surface area contributed by atoms with E-state index in [4.69, 9.17) is 14.2 Å². The number of aryl methyl sites for hydroxylation is 1. The van der Waals surface area contributed by atoms with Crippen molar-refractivity contribution in [1.29, 1.82) is 0 Å². The van der Waals surface area contributed by atoms with E-state index in [0.29, 0.717) is 30.7 Å². The van der Waals surface area contributed by atoms with Gasteiger partial charge in [-0.05, 0) is 56.6 Å². The number of hydrogen-bond donors (Lipinski definition) is 1. The second kappa shape index (κ2) is 12.1. The lowest BCUT2D eigenvalue weighted by atomic mass is 9.91. The highest BCUT2D eigenvalue weighted by atomic mass is 16.7. The normalized spacial score (nSPS) is 29.4. The molecule has 0 radical (unpaired) electrons. The number of hydrogen-bond acceptors (Lipinski definition) is 7. The van der Waals surface area contributed by atoms with Gasteiger partial charge < -0.3 is 24.1 Å². The summed E-state index contributed by atoms with van der Waals surface area (Å²) in [7, 11) is 0. The van der Waals surface area contributed by atoms with Gasteiger partial charge in [0.25, 0.3) is 0 Å². The number of carbonyl (C=O) groups is 1. The number of aromatic nitrogens is 3. The molecule has 0 aliphatic carbocycles. The summed E-state index contributed by atoms with van der Waals surface area (Å²) in [5, 5.41) is 12.4. The molecule has 3 aromatic rings. The maximum absolute atomic E-state index is 12.8. The molecule has 1 aromatic heterocycles. The molecule has 4 aliphatic rings. The third-order valence-corrected chi connectivity index (χ3v) is 9.87. The van der Waals surface area contributed by atoms with Crippen LogP contribution in [0.25, 0.3) is 0 Å². The Labute approximate surface area is 247 Å². The number of nitrogens with one attached hydrogen (secondary N) is 1. The number of rotatable bonds is 9. The summed E-state index contributed by atoms with van der Waals surface area (Å²) in [6, 6.07) is 21.4. The van der Waals surface area contributed by atoms with Gasteiger partial charge in [0.05, 0.1) is 25.2 Å². The van der Waals surface area contributed by atoms with Crippen LogP contribution in [-0.2, 0) is 20.8 Å². The molecular formula is C33H41N5O4. The summed E-state index contributed by atoms with van der Waals surface area (Å²) in [5.74, 6) is 2.73. The molecule has 4 unspecified atom stereocenters. The molecule has 2 aromatic carbocycles. The predicted octanol–water partition coefficient (Wildman–Crippen LogP) is 5.29. The van der Waals surface area contributed by atoms with E-state index in [1.165, 1.54) is 12.8 Å². The van der Waals surface area contributed by atoms with Crippen LogP contribution in [0.3, 0.4) is 0 Å². The highest BCUT2D eigenvalue weighted by Gasteiger charge is 2.47. The Bertz CT molecular complexity index is 1340. The molecule has 0 saturated carbocycles. The smallest absolute Gasteiger partial charge is 0.407 e. The molecule has 1 amide bonds. The average molecular weight is 572 g/mol. The van der Waals surface area contributed by atoms with Crippen molar-refractivity contribution in [1.82, 2.24) is 25.0 Å². The van der Waals surface area contributed by atoms with Gasteiger partial charge in [-0.15, -0.1) is 10.2 Å². The van der Waals surface area contributed by atoms with Crippen LogP contribution in [0.15, 0.2) is 60.7 Å². The number of carbonyl (C=O) groups excluding carboxylic acids is 1. The molecule has 42 heavy (non-hydrogen) atoms. The van der Waals surface area contributed by atoms with Gasteiger partial charge in [0, 0.05) is 30.6 Å². The highest BCUT2D eigenvalue weighted by molar-refractivity contribution is 5.68. The topological polar surface area (TPSA) is 90.7 Å². The maximum atomic E-state index is 12.8. The molecule has 9 nitrogen and oxygen atoms in total. The lowest BCUT2D eigenvalue weighted by molar-refractivity contribution is -0.0905. The van der Waals surface area contributed by atoms with Gasteiger partial charge in [-0.2, -0.15) is 0 Å². The number of amides is 1. The largest absolute Gasteiger partial charge is 0.445 e. The van der Waals surface area contributed by atoms with Crippen molar-refractivity contribution >= 4 is 6.09 Å². The Hall–Kier alpha value is -3.27. The summed E-state index contributed by atoms with van der Waals surface area (Å²) < 4.78 is 19.8. The van der Waals surface area contributed by atoms with Crippen molar-refractivity contribution < 1.29 is 19.0 Å². The van der Waals surface area contributed by atoms with Gasteiger partial charge >= 0.3 is 6.09 Å². The molecule has 7 rings (SSSR count). The van der Waals surface area contributed by atoms with E-state index in [0.717, 1.165) is 61.6 Å². The number of piperidine rings is 1. The standard InChI is InChI=1S/C33H41N5O4/c1-22-35-36-31(29-21-41-32-28(29)15-17-40-32)38(22)27-18-25-12-13-26(19-27)37(25)16-14-30(24-10-6-3-7-11-24)34-33(39)42-20-23-8-4-2-5-9-23/h2-11,25-30,32H,12-21H2,1H3,(H,34,39)/t25?,26?,27?,28?,29?,30-,32+/m0/s1. The Morgan fingerprint density at radius 1 is 0.976 bits per heavy atom. The molecule has 4 fully saturated rings. The molecule has 2 bridgehead atoms. The van der Waals surface area contributed by atoms with E-state index in [-0.39, 0.29) is 30.9 Å². The zero-order chi connectivity index (χ0) is 28.5. The fourth-order valence-corrected chi connectivity index (χ4v) is 7.83. The van der Waals surface area contributed by atoms with Crippen molar-refractivity contribution in [3.8, 4) is 0 Å². The quantitative estimate of drug-likeness (QED) is 0.373. The van der Waals surface area contributed by atoms with Crippen LogP contribution >= 0.6 is 0 Å². The number of fused-ring (bicyclic) bond motifs is 3. The molecule has 5 heterocycles. The molecule has 0 spiro atoms. The zero-order valence-electron chi connectivity index (χ0n) is 24.3. The van der Waals surface area contributed by atoms with Crippen LogP contribution in [-0.4, -0.2) is 63.9 Å². The highest BCUT2D eigenvalue weighted by Crippen LogP contribution is 2.45. The summed E-state index contributed by atoms with van der Waals surface area (Å²) in [6.07, 6.45) is 6.03. The van der Waals surface area contributed by atoms with Crippen LogP contribution in [0.1, 0.15) is 79.3 Å². The monoisotopic (exact) mass is 571 g/mol. The third-order valence-electron chi connectivity index (χ3n) is 9.87. The average Bonchev–Trinajstić information content (AvgIpc) is 3.78. The van der Waals surface area contributed by atoms with E-state index in [9.17, 15) is 4.79 Å². The van der Waals surface area contributed by atoms with Gasteiger partial charge in [-0.3, -0.25) is 4.90 Å². The molecule has 4 aliphatic heterocycles. The van der Waals surface area contributed by atoms with Crippen molar-refractivity contribution in [3.05, 3.63) is 83.4 Å². The molecular weight excluding hydrogens is 530 g/mol. The van der Waals surface area contributed by atoms with Crippen molar-refractivity contribution in [2.75, 3.05) is 19.8 Å². The molecule has 6 atom stereocenters. The maximum Gasteiger partial charge on any atom is 0.407 e. The number of nitrogens with zero attached hydrogens (tertiary/aromatic N) is 4. The molecule has 1 N–H and O–H groups in total. The first-order valence-corrected chi connectivity index (χ1v) is 15.6. The minimum Gasteiger partial charge on any atom is -0.445 e. The van der Waals surface area contributed by atoms with Crippen LogP contribution < -0.4 is 5.32 Å². The van der Waals surface area contributed by atoms with Gasteiger partial charge in [0.15, 0.2) is 6.29 Å². The van der Waals surface area contributed by atoms with Crippen molar-refractivity contribution in [2.24, 2.45) is 5.92 Å². The van der Waals surface area contributed by atoms with Crippen molar-refractivity contribution in [2.45, 2.75) is 88.4 Å². The SMILES string of the molecule is Cc1nnc(C2CO[C@H]3OCCC23)n1C1CC2CCC(C1)N2CC[C@H](NC(=O)OCc1ccccc1)c1ccccc1. The summed E-state index contributed by atoms with van der Waals surface area (Å²) in [4.78, 5) is 15.5. The van der Waals surface area contributed by atoms with Gasteiger partial charge in [-0.1, -0.05) is 60.7 Å². The minimum absolute atomic E-state index is 0.0831. The Morgan fingerprint density at radius 3 is 2.48 bits per heavy atom. The van der Waals surface area contributed by atoms with Crippen LogP contribution in [0, 0.1) is 12.8 Å². The Balaban J connectivity index is 1.00. The fraction of sp³-hybridized carbons (Fsp3) is 0.545. The molecule has 9 heteroatoms. The van der Waals surface area contributed by atoms with E-state index >= 15 is 0 Å². The summed E-state index contributed by atoms with van der Waals surface area (Å²) >= 11 is 0. The van der Waals surface area contributed by atoms with E-state index < -0.39 is 0 Å². The second-order valence-electron chi connectivity index (χ2n) is 12.3. The minimum atomic E-state index is -0.379. The van der Waals surface area contributed by atoms with Crippen LogP contribution in [0.2, 0.25) is 0 Å². The molecule has 222 valence electrons. The van der Waals surface area contributed by atoms with E-state index in [1.807, 2.05) is 48.5 Å². The van der Waals surface area contributed by atoms with Gasteiger partial charge in [-0.25, -0.2) is 4.79 Å². The number of alkyl carbamates (subject to hydrolysis) is 1. The predicted molar refractivity (Wildman–Crippen MR) is 157 cm³/mol. The first-order chi connectivity index (χ1) is 20.6. The molecule has 4 saturated heterocycles. The van der Waals surface area contributed by atoms with Crippen LogP contribution in [0.4, 0.5) is 4.79 Å². The van der Waals surface area contributed by atoms with Crippen LogP contribution in [0.5, 0.6) is 0 Å². The first kappa shape index (κ1) is 27.6. The third kappa shape index (κ3) is 5.57. The van der Waals surface area contributed by atoms with E-state index in [2.05, 4.69) is 44.0 Å².